The number of benzene rings is 2. The van der Waals surface area contributed by atoms with Crippen molar-refractivity contribution in [1.29, 1.82) is 0 Å². The lowest BCUT2D eigenvalue weighted by atomic mass is 9.98. The highest BCUT2D eigenvalue weighted by atomic mass is 19.1. The maximum atomic E-state index is 14.0. The van der Waals surface area contributed by atoms with Crippen LogP contribution in [0.2, 0.25) is 0 Å². The molecule has 4 aromatic rings. The molecule has 0 saturated heterocycles. The van der Waals surface area contributed by atoms with Crippen LogP contribution in [0.25, 0.3) is 11.1 Å². The highest BCUT2D eigenvalue weighted by Gasteiger charge is 2.33. The van der Waals surface area contributed by atoms with Crippen molar-refractivity contribution in [3.8, 4) is 0 Å². The van der Waals surface area contributed by atoms with E-state index in [0.717, 1.165) is 5.56 Å². The molecule has 194 valence electrons. The van der Waals surface area contributed by atoms with Crippen molar-refractivity contribution in [2.45, 2.75) is 46.7 Å². The molecule has 1 atom stereocenters. The molecule has 0 saturated carbocycles. The topological polar surface area (TPSA) is 107 Å². The molecule has 37 heavy (non-hydrogen) atoms. The van der Waals surface area contributed by atoms with E-state index in [4.69, 9.17) is 15.2 Å². The normalized spacial score (nSPS) is 12.3. The number of carbonyl (C=O) groups is 1. The number of rotatable bonds is 9. The van der Waals surface area contributed by atoms with E-state index >= 15 is 0 Å². The zero-order chi connectivity index (χ0) is 26.7. The minimum Gasteiger partial charge on any atom is -0.335 e. The number of nitrogens with two attached hydrogens (primary N) is 1. The van der Waals surface area contributed by atoms with Gasteiger partial charge in [0, 0.05) is 12.1 Å². The van der Waals surface area contributed by atoms with Crippen molar-refractivity contribution in [2.24, 2.45) is 11.7 Å². The molecule has 0 aliphatic carbocycles. The maximum Gasteiger partial charge on any atom is 0.267 e. The molecule has 0 spiro atoms. The fourth-order valence-corrected chi connectivity index (χ4v) is 4.57. The number of hydrogen-bond acceptors (Lipinski definition) is 6. The van der Waals surface area contributed by atoms with E-state index in [0.29, 0.717) is 42.2 Å². The Labute approximate surface area is 214 Å². The van der Waals surface area contributed by atoms with Crippen molar-refractivity contribution in [3.05, 3.63) is 92.9 Å². The number of fused-ring (bicyclic) bond motifs is 1. The molecule has 4 rings (SSSR count). The van der Waals surface area contributed by atoms with Gasteiger partial charge in [0.2, 0.25) is 0 Å². The van der Waals surface area contributed by atoms with E-state index in [2.05, 4.69) is 5.16 Å². The Balaban J connectivity index is 1.91. The molecule has 2 aromatic heterocycles. The Bertz CT molecular complexity index is 1460. The van der Waals surface area contributed by atoms with Gasteiger partial charge in [-0.1, -0.05) is 48.8 Å². The standard InChI is InChI=1S/C28H32FN5O3/c1-17(2)24(33(14-6-13-30)27(35)21-11-9-18(3)10-12-21)25-31-26-23(19(4)32-37-26)28(36)34(25)16-20-7-5-8-22(29)15-20/h5,7-12,15,17,24H,6,13-14,16,30H2,1-4H3. The summed E-state index contributed by atoms with van der Waals surface area (Å²) in [6.07, 6.45) is 0.568. The Morgan fingerprint density at radius 3 is 2.54 bits per heavy atom. The summed E-state index contributed by atoms with van der Waals surface area (Å²) in [5.74, 6) is -0.362. The average molecular weight is 506 g/mol. The molecule has 8 nitrogen and oxygen atoms in total. The fourth-order valence-electron chi connectivity index (χ4n) is 4.57. The number of hydrogen-bond donors (Lipinski definition) is 1. The van der Waals surface area contributed by atoms with Gasteiger partial charge in [-0.05, 0) is 62.6 Å². The van der Waals surface area contributed by atoms with Crippen molar-refractivity contribution < 1.29 is 13.7 Å². The van der Waals surface area contributed by atoms with Crippen LogP contribution in [0.3, 0.4) is 0 Å². The molecule has 2 heterocycles. The number of amides is 1. The highest BCUT2D eigenvalue weighted by molar-refractivity contribution is 5.94. The van der Waals surface area contributed by atoms with E-state index in [1.54, 1.807) is 36.1 Å². The molecule has 0 aliphatic rings. The molecule has 0 fully saturated rings. The molecule has 1 amide bonds. The van der Waals surface area contributed by atoms with Crippen LogP contribution in [0.15, 0.2) is 57.8 Å². The van der Waals surface area contributed by atoms with Gasteiger partial charge in [0.05, 0.1) is 18.3 Å². The first-order valence-electron chi connectivity index (χ1n) is 12.4. The Morgan fingerprint density at radius 2 is 1.89 bits per heavy atom. The first-order valence-corrected chi connectivity index (χ1v) is 12.4. The largest absolute Gasteiger partial charge is 0.335 e. The van der Waals surface area contributed by atoms with Crippen LogP contribution < -0.4 is 11.3 Å². The van der Waals surface area contributed by atoms with E-state index in [1.165, 1.54) is 16.7 Å². The van der Waals surface area contributed by atoms with E-state index in [9.17, 15) is 14.0 Å². The van der Waals surface area contributed by atoms with Gasteiger partial charge in [-0.2, -0.15) is 4.98 Å². The van der Waals surface area contributed by atoms with E-state index in [1.807, 2.05) is 32.9 Å². The molecule has 2 aromatic carbocycles. The summed E-state index contributed by atoms with van der Waals surface area (Å²) < 4.78 is 20.9. The lowest BCUT2D eigenvalue weighted by Crippen LogP contribution is -2.42. The van der Waals surface area contributed by atoms with Gasteiger partial charge < -0.3 is 15.2 Å². The number of carbonyl (C=O) groups excluding carboxylic acids is 1. The first kappa shape index (κ1) is 26.2. The predicted octanol–water partition coefficient (Wildman–Crippen LogP) is 4.38. The summed E-state index contributed by atoms with van der Waals surface area (Å²) in [7, 11) is 0. The number of halogens is 1. The summed E-state index contributed by atoms with van der Waals surface area (Å²) in [5, 5.41) is 4.21. The summed E-state index contributed by atoms with van der Waals surface area (Å²) in [6, 6.07) is 12.9. The number of aryl methyl sites for hydroxylation is 2. The summed E-state index contributed by atoms with van der Waals surface area (Å²) in [6.45, 7) is 8.42. The minimum atomic E-state index is -0.587. The van der Waals surface area contributed by atoms with E-state index < -0.39 is 11.9 Å². The van der Waals surface area contributed by atoms with Crippen molar-refractivity contribution in [1.82, 2.24) is 19.6 Å². The zero-order valence-electron chi connectivity index (χ0n) is 21.6. The van der Waals surface area contributed by atoms with Gasteiger partial charge in [-0.15, -0.1) is 0 Å². The summed E-state index contributed by atoms with van der Waals surface area (Å²) >= 11 is 0. The van der Waals surface area contributed by atoms with E-state index in [-0.39, 0.29) is 35.0 Å². The monoisotopic (exact) mass is 505 g/mol. The molecular weight excluding hydrogens is 473 g/mol. The summed E-state index contributed by atoms with van der Waals surface area (Å²) in [5.41, 5.74) is 8.18. The third kappa shape index (κ3) is 5.46. The van der Waals surface area contributed by atoms with Crippen LogP contribution in [-0.4, -0.2) is 38.6 Å². The second-order valence-corrected chi connectivity index (χ2v) is 9.64. The molecule has 2 N–H and O–H groups in total. The van der Waals surface area contributed by atoms with Crippen LogP contribution in [0, 0.1) is 25.6 Å². The lowest BCUT2D eigenvalue weighted by molar-refractivity contribution is 0.0602. The number of aromatic nitrogens is 3. The summed E-state index contributed by atoms with van der Waals surface area (Å²) in [4.78, 5) is 34.1. The SMILES string of the molecule is Cc1ccc(C(=O)N(CCCN)C(c2nc3onc(C)c3c(=O)n2Cc2cccc(F)c2)C(C)C)cc1. The van der Waals surface area contributed by atoms with Crippen LogP contribution >= 0.6 is 0 Å². The van der Waals surface area contributed by atoms with Crippen molar-refractivity contribution in [3.63, 3.8) is 0 Å². The highest BCUT2D eigenvalue weighted by Crippen LogP contribution is 2.30. The minimum absolute atomic E-state index is 0.0756. The zero-order valence-corrected chi connectivity index (χ0v) is 21.6. The van der Waals surface area contributed by atoms with Crippen molar-refractivity contribution >= 4 is 17.0 Å². The molecule has 9 heteroatoms. The molecule has 0 radical (unpaired) electrons. The van der Waals surface area contributed by atoms with Crippen LogP contribution in [0.4, 0.5) is 4.39 Å². The Kier molecular flexibility index (Phi) is 7.83. The third-order valence-corrected chi connectivity index (χ3v) is 6.42. The van der Waals surface area contributed by atoms with Gasteiger partial charge in [-0.3, -0.25) is 14.2 Å². The Hall–Kier alpha value is -3.85. The predicted molar refractivity (Wildman–Crippen MR) is 140 cm³/mol. The molecule has 0 bridgehead atoms. The second kappa shape index (κ2) is 11.0. The van der Waals surface area contributed by atoms with Gasteiger partial charge in [0.25, 0.3) is 17.2 Å². The quantitative estimate of drug-likeness (QED) is 0.362. The van der Waals surface area contributed by atoms with Gasteiger partial charge >= 0.3 is 0 Å². The van der Waals surface area contributed by atoms with Gasteiger partial charge in [0.1, 0.15) is 17.0 Å². The lowest BCUT2D eigenvalue weighted by Gasteiger charge is -2.35. The smallest absolute Gasteiger partial charge is 0.267 e. The first-order chi connectivity index (χ1) is 17.7. The van der Waals surface area contributed by atoms with Crippen LogP contribution in [0.5, 0.6) is 0 Å². The van der Waals surface area contributed by atoms with Crippen LogP contribution in [-0.2, 0) is 6.54 Å². The van der Waals surface area contributed by atoms with Gasteiger partial charge in [-0.25, -0.2) is 4.39 Å². The second-order valence-electron chi connectivity index (χ2n) is 9.64. The molecule has 1 unspecified atom stereocenters. The maximum absolute atomic E-state index is 14.0. The average Bonchev–Trinajstić information content (AvgIpc) is 3.24. The van der Waals surface area contributed by atoms with Crippen LogP contribution in [0.1, 0.15) is 59.3 Å². The van der Waals surface area contributed by atoms with Gasteiger partial charge in [0.15, 0.2) is 0 Å². The third-order valence-electron chi connectivity index (χ3n) is 6.42. The Morgan fingerprint density at radius 1 is 1.16 bits per heavy atom. The molecule has 0 aliphatic heterocycles. The molecular formula is C28H32FN5O3. The van der Waals surface area contributed by atoms with Crippen molar-refractivity contribution in [2.75, 3.05) is 13.1 Å². The number of nitrogens with zero attached hydrogens (tertiary/aromatic N) is 4. The fraction of sp³-hybridized carbons (Fsp3) is 0.357.